The molecule has 0 spiro atoms. The standard InChI is InChI=1S/C16H12ClF2NO/c1-20-15(11-6-5-10(18)8-13(11)19)14-7-9-3-2-4-12(17)16(9)21-14/h2-8,15,20H,1H3. The van der Waals surface area contributed by atoms with Gasteiger partial charge in [0.2, 0.25) is 0 Å². The maximum atomic E-state index is 14.0. The van der Waals surface area contributed by atoms with Crippen LogP contribution in [0.25, 0.3) is 11.0 Å². The van der Waals surface area contributed by atoms with E-state index in [1.807, 2.05) is 12.1 Å². The van der Waals surface area contributed by atoms with Gasteiger partial charge in [0, 0.05) is 17.0 Å². The zero-order valence-corrected chi connectivity index (χ0v) is 11.9. The van der Waals surface area contributed by atoms with Gasteiger partial charge in [-0.2, -0.15) is 0 Å². The van der Waals surface area contributed by atoms with Crippen molar-refractivity contribution in [3.63, 3.8) is 0 Å². The summed E-state index contributed by atoms with van der Waals surface area (Å²) in [6.45, 7) is 0. The van der Waals surface area contributed by atoms with Crippen molar-refractivity contribution in [2.75, 3.05) is 7.05 Å². The van der Waals surface area contributed by atoms with Crippen molar-refractivity contribution in [1.82, 2.24) is 5.32 Å². The van der Waals surface area contributed by atoms with Crippen molar-refractivity contribution in [3.8, 4) is 0 Å². The van der Waals surface area contributed by atoms with Crippen LogP contribution < -0.4 is 5.32 Å². The molecule has 1 atom stereocenters. The maximum absolute atomic E-state index is 14.0. The Labute approximate surface area is 125 Å². The molecule has 0 aliphatic heterocycles. The molecule has 0 saturated carbocycles. The van der Waals surface area contributed by atoms with Crippen LogP contribution in [-0.4, -0.2) is 7.05 Å². The quantitative estimate of drug-likeness (QED) is 0.760. The fraction of sp³-hybridized carbons (Fsp3) is 0.125. The van der Waals surface area contributed by atoms with E-state index in [1.165, 1.54) is 12.1 Å². The van der Waals surface area contributed by atoms with E-state index in [-0.39, 0.29) is 0 Å². The van der Waals surface area contributed by atoms with E-state index >= 15 is 0 Å². The minimum Gasteiger partial charge on any atom is -0.457 e. The van der Waals surface area contributed by atoms with Crippen LogP contribution in [-0.2, 0) is 0 Å². The summed E-state index contributed by atoms with van der Waals surface area (Å²) in [4.78, 5) is 0. The second kappa shape index (κ2) is 5.47. The molecule has 0 fully saturated rings. The number of benzene rings is 2. The molecule has 0 bridgehead atoms. The smallest absolute Gasteiger partial charge is 0.152 e. The van der Waals surface area contributed by atoms with Crippen LogP contribution in [0.5, 0.6) is 0 Å². The second-order valence-electron chi connectivity index (χ2n) is 4.69. The molecule has 3 rings (SSSR count). The Morgan fingerprint density at radius 3 is 2.62 bits per heavy atom. The molecule has 0 aliphatic carbocycles. The van der Waals surface area contributed by atoms with Gasteiger partial charge >= 0.3 is 0 Å². The van der Waals surface area contributed by atoms with E-state index < -0.39 is 17.7 Å². The maximum Gasteiger partial charge on any atom is 0.152 e. The first-order valence-electron chi connectivity index (χ1n) is 6.40. The van der Waals surface area contributed by atoms with Gasteiger partial charge in [0.1, 0.15) is 17.4 Å². The Balaban J connectivity index is 2.11. The first-order valence-corrected chi connectivity index (χ1v) is 6.78. The van der Waals surface area contributed by atoms with Crippen LogP contribution in [0.4, 0.5) is 8.78 Å². The largest absolute Gasteiger partial charge is 0.457 e. The van der Waals surface area contributed by atoms with Crippen LogP contribution in [0.2, 0.25) is 5.02 Å². The predicted molar refractivity (Wildman–Crippen MR) is 78.5 cm³/mol. The summed E-state index contributed by atoms with van der Waals surface area (Å²) in [6, 6.07) is 10.2. The van der Waals surface area contributed by atoms with Crippen molar-refractivity contribution in [1.29, 1.82) is 0 Å². The number of rotatable bonds is 3. The highest BCUT2D eigenvalue weighted by Gasteiger charge is 2.21. The Morgan fingerprint density at radius 1 is 1.14 bits per heavy atom. The third-order valence-corrected chi connectivity index (χ3v) is 3.66. The lowest BCUT2D eigenvalue weighted by atomic mass is 10.0. The zero-order chi connectivity index (χ0) is 15.0. The van der Waals surface area contributed by atoms with Crippen LogP contribution in [0.1, 0.15) is 17.4 Å². The summed E-state index contributed by atoms with van der Waals surface area (Å²) in [5.41, 5.74) is 0.867. The number of fused-ring (bicyclic) bond motifs is 1. The van der Waals surface area contributed by atoms with Crippen LogP contribution in [0.3, 0.4) is 0 Å². The predicted octanol–water partition coefficient (Wildman–Crippen LogP) is 4.67. The molecule has 108 valence electrons. The average Bonchev–Trinajstić information content (AvgIpc) is 2.87. The fourth-order valence-electron chi connectivity index (χ4n) is 2.38. The monoisotopic (exact) mass is 307 g/mol. The summed E-state index contributed by atoms with van der Waals surface area (Å²) < 4.78 is 32.7. The first kappa shape index (κ1) is 14.0. The molecule has 1 heterocycles. The molecule has 1 N–H and O–H groups in total. The lowest BCUT2D eigenvalue weighted by Gasteiger charge is -2.14. The molecule has 0 aliphatic rings. The van der Waals surface area contributed by atoms with E-state index in [4.69, 9.17) is 16.0 Å². The highest BCUT2D eigenvalue weighted by atomic mass is 35.5. The number of furan rings is 1. The van der Waals surface area contributed by atoms with E-state index in [1.54, 1.807) is 19.2 Å². The Morgan fingerprint density at radius 2 is 1.95 bits per heavy atom. The molecule has 0 radical (unpaired) electrons. The molecular weight excluding hydrogens is 296 g/mol. The molecule has 2 aromatic carbocycles. The summed E-state index contributed by atoms with van der Waals surface area (Å²) >= 11 is 6.08. The molecule has 2 nitrogen and oxygen atoms in total. The topological polar surface area (TPSA) is 25.2 Å². The van der Waals surface area contributed by atoms with E-state index in [0.29, 0.717) is 21.9 Å². The number of halogens is 3. The van der Waals surface area contributed by atoms with Gasteiger partial charge in [0.15, 0.2) is 5.58 Å². The molecule has 3 aromatic rings. The number of hydrogen-bond donors (Lipinski definition) is 1. The van der Waals surface area contributed by atoms with Crippen LogP contribution in [0.15, 0.2) is 46.9 Å². The summed E-state index contributed by atoms with van der Waals surface area (Å²) in [5.74, 6) is -0.717. The van der Waals surface area contributed by atoms with Crippen LogP contribution >= 0.6 is 11.6 Å². The van der Waals surface area contributed by atoms with E-state index in [2.05, 4.69) is 5.32 Å². The molecule has 0 saturated heterocycles. The van der Waals surface area contributed by atoms with Gasteiger partial charge in [0.05, 0.1) is 11.1 Å². The van der Waals surface area contributed by atoms with Gasteiger partial charge in [0.25, 0.3) is 0 Å². The highest BCUT2D eigenvalue weighted by Crippen LogP contribution is 2.32. The average molecular weight is 308 g/mol. The van der Waals surface area contributed by atoms with Gasteiger partial charge in [-0.05, 0) is 25.2 Å². The Hall–Kier alpha value is -1.91. The molecule has 1 unspecified atom stereocenters. The summed E-state index contributed by atoms with van der Waals surface area (Å²) in [6.07, 6.45) is 0. The molecule has 0 amide bonds. The van der Waals surface area contributed by atoms with Gasteiger partial charge in [-0.15, -0.1) is 0 Å². The summed E-state index contributed by atoms with van der Waals surface area (Å²) in [5, 5.41) is 4.30. The van der Waals surface area contributed by atoms with Crippen molar-refractivity contribution in [3.05, 3.63) is 70.4 Å². The Bertz CT molecular complexity index is 800. The van der Waals surface area contributed by atoms with Gasteiger partial charge in [-0.1, -0.05) is 29.8 Å². The molecular formula is C16H12ClF2NO. The van der Waals surface area contributed by atoms with Gasteiger partial charge < -0.3 is 9.73 Å². The fourth-order valence-corrected chi connectivity index (χ4v) is 2.60. The van der Waals surface area contributed by atoms with Gasteiger partial charge in [-0.25, -0.2) is 8.78 Å². The van der Waals surface area contributed by atoms with Crippen molar-refractivity contribution < 1.29 is 13.2 Å². The van der Waals surface area contributed by atoms with Crippen molar-refractivity contribution >= 4 is 22.6 Å². The Kier molecular flexibility index (Phi) is 3.66. The van der Waals surface area contributed by atoms with E-state index in [0.717, 1.165) is 11.5 Å². The number of hydrogen-bond acceptors (Lipinski definition) is 2. The summed E-state index contributed by atoms with van der Waals surface area (Å²) in [7, 11) is 1.68. The highest BCUT2D eigenvalue weighted by molar-refractivity contribution is 6.34. The lowest BCUT2D eigenvalue weighted by molar-refractivity contribution is 0.473. The first-order chi connectivity index (χ1) is 10.1. The third-order valence-electron chi connectivity index (χ3n) is 3.36. The minimum atomic E-state index is -0.624. The number of para-hydroxylation sites is 1. The SMILES string of the molecule is CNC(c1cc2cccc(Cl)c2o1)c1ccc(F)cc1F. The normalized spacial score (nSPS) is 12.8. The second-order valence-corrected chi connectivity index (χ2v) is 5.10. The van der Waals surface area contributed by atoms with Crippen molar-refractivity contribution in [2.24, 2.45) is 0 Å². The molecule has 1 aromatic heterocycles. The van der Waals surface area contributed by atoms with Gasteiger partial charge in [-0.3, -0.25) is 0 Å². The lowest BCUT2D eigenvalue weighted by Crippen LogP contribution is -2.18. The molecule has 21 heavy (non-hydrogen) atoms. The minimum absolute atomic E-state index is 0.314. The molecule has 5 heteroatoms. The van der Waals surface area contributed by atoms with Crippen LogP contribution in [0, 0.1) is 11.6 Å². The van der Waals surface area contributed by atoms with E-state index in [9.17, 15) is 8.78 Å². The zero-order valence-electron chi connectivity index (χ0n) is 11.2. The third kappa shape index (κ3) is 2.52. The van der Waals surface area contributed by atoms with Crippen molar-refractivity contribution in [2.45, 2.75) is 6.04 Å². The number of nitrogens with one attached hydrogen (secondary N) is 1.